The van der Waals surface area contributed by atoms with E-state index in [4.69, 9.17) is 5.11 Å². The molecule has 92 valence electrons. The third-order valence-corrected chi connectivity index (χ3v) is 3.43. The van der Waals surface area contributed by atoms with E-state index >= 15 is 0 Å². The summed E-state index contributed by atoms with van der Waals surface area (Å²) in [5, 5.41) is 13.9. The molecule has 0 saturated heterocycles. The van der Waals surface area contributed by atoms with Crippen molar-refractivity contribution in [1.82, 2.24) is 10.6 Å². The lowest BCUT2D eigenvalue weighted by atomic mass is 10.3. The molecular formula is C10H18N2O3S. The fourth-order valence-electron chi connectivity index (χ4n) is 1.09. The Morgan fingerprint density at radius 2 is 2.19 bits per heavy atom. The Labute approximate surface area is 99.4 Å². The highest BCUT2D eigenvalue weighted by Gasteiger charge is 2.23. The highest BCUT2D eigenvalue weighted by Crippen LogP contribution is 2.18. The number of aliphatic hydroxyl groups is 1. The minimum atomic E-state index is -0.400. The lowest BCUT2D eigenvalue weighted by Gasteiger charge is -2.09. The van der Waals surface area contributed by atoms with Crippen molar-refractivity contribution in [2.24, 2.45) is 0 Å². The molecule has 0 aliphatic heterocycles. The van der Waals surface area contributed by atoms with E-state index in [1.54, 1.807) is 0 Å². The van der Waals surface area contributed by atoms with Crippen molar-refractivity contribution < 1.29 is 14.7 Å². The zero-order valence-corrected chi connectivity index (χ0v) is 10.2. The summed E-state index contributed by atoms with van der Waals surface area (Å²) in [6.07, 6.45) is 2.67. The molecule has 5 nitrogen and oxygen atoms in total. The van der Waals surface area contributed by atoms with Gasteiger partial charge in [0.25, 0.3) is 0 Å². The first-order valence-electron chi connectivity index (χ1n) is 5.44. The molecule has 1 rings (SSSR count). The monoisotopic (exact) mass is 246 g/mol. The third-order valence-electron chi connectivity index (χ3n) is 2.20. The van der Waals surface area contributed by atoms with Gasteiger partial charge in [0.05, 0.1) is 5.75 Å². The average molecular weight is 246 g/mol. The van der Waals surface area contributed by atoms with E-state index in [1.807, 2.05) is 6.92 Å². The Kier molecular flexibility index (Phi) is 5.62. The first-order chi connectivity index (χ1) is 7.61. The molecule has 0 heterocycles. The summed E-state index contributed by atoms with van der Waals surface area (Å²) < 4.78 is 0. The number of carbonyl (C=O) groups excluding carboxylic acids is 2. The first-order valence-corrected chi connectivity index (χ1v) is 6.49. The van der Waals surface area contributed by atoms with Gasteiger partial charge in [-0.2, -0.15) is 0 Å². The SMILES string of the molecule is CC(CCO)SCC(=O)NC(=O)NC1CC1. The Bertz CT molecular complexity index is 256. The van der Waals surface area contributed by atoms with Crippen molar-refractivity contribution in [3.05, 3.63) is 0 Å². The molecule has 0 aromatic heterocycles. The van der Waals surface area contributed by atoms with E-state index in [9.17, 15) is 9.59 Å². The highest BCUT2D eigenvalue weighted by atomic mass is 32.2. The van der Waals surface area contributed by atoms with Crippen LogP contribution in [0.3, 0.4) is 0 Å². The summed E-state index contributed by atoms with van der Waals surface area (Å²) in [7, 11) is 0. The normalized spacial score (nSPS) is 16.6. The number of urea groups is 1. The Hall–Kier alpha value is -0.750. The number of carbonyl (C=O) groups is 2. The minimum absolute atomic E-state index is 0.123. The molecule has 3 N–H and O–H groups in total. The zero-order chi connectivity index (χ0) is 12.0. The molecule has 6 heteroatoms. The first kappa shape index (κ1) is 13.3. The van der Waals surface area contributed by atoms with Crippen molar-refractivity contribution in [2.45, 2.75) is 37.5 Å². The van der Waals surface area contributed by atoms with Crippen LogP contribution in [0.25, 0.3) is 0 Å². The average Bonchev–Trinajstić information content (AvgIpc) is 2.99. The van der Waals surface area contributed by atoms with E-state index in [-0.39, 0.29) is 29.6 Å². The van der Waals surface area contributed by atoms with Gasteiger partial charge in [-0.3, -0.25) is 10.1 Å². The quantitative estimate of drug-likeness (QED) is 0.637. The predicted octanol–water partition coefficient (Wildman–Crippen LogP) is 0.479. The van der Waals surface area contributed by atoms with Crippen LogP contribution in [0, 0.1) is 0 Å². The number of hydrogen-bond acceptors (Lipinski definition) is 4. The standard InChI is InChI=1S/C10H18N2O3S/c1-7(4-5-13)16-6-9(14)12-10(15)11-8-2-3-8/h7-8,13H,2-6H2,1H3,(H2,11,12,14,15). The molecule has 0 radical (unpaired) electrons. The maximum absolute atomic E-state index is 11.3. The second kappa shape index (κ2) is 6.75. The van der Waals surface area contributed by atoms with E-state index < -0.39 is 6.03 Å². The lowest BCUT2D eigenvalue weighted by molar-refractivity contribution is -0.117. The number of aliphatic hydroxyl groups excluding tert-OH is 1. The van der Waals surface area contributed by atoms with Gasteiger partial charge < -0.3 is 10.4 Å². The predicted molar refractivity (Wildman–Crippen MR) is 63.3 cm³/mol. The van der Waals surface area contributed by atoms with Crippen LogP contribution < -0.4 is 10.6 Å². The van der Waals surface area contributed by atoms with Crippen molar-refractivity contribution in [3.63, 3.8) is 0 Å². The number of amides is 3. The summed E-state index contributed by atoms with van der Waals surface area (Å²) in [5.74, 6) is -0.0351. The smallest absolute Gasteiger partial charge is 0.321 e. The van der Waals surface area contributed by atoms with Gasteiger partial charge in [0, 0.05) is 17.9 Å². The second-order valence-electron chi connectivity index (χ2n) is 3.93. The van der Waals surface area contributed by atoms with Crippen molar-refractivity contribution in [3.8, 4) is 0 Å². The molecule has 1 unspecified atom stereocenters. The molecule has 16 heavy (non-hydrogen) atoms. The number of thioether (sulfide) groups is 1. The molecule has 1 aliphatic rings. The summed E-state index contributed by atoms with van der Waals surface area (Å²) in [5.41, 5.74) is 0. The van der Waals surface area contributed by atoms with Crippen LogP contribution in [0.15, 0.2) is 0 Å². The highest BCUT2D eigenvalue weighted by molar-refractivity contribution is 8.00. The summed E-state index contributed by atoms with van der Waals surface area (Å²) in [6, 6.07) is -0.142. The van der Waals surface area contributed by atoms with Crippen LogP contribution in [-0.4, -0.2) is 40.7 Å². The van der Waals surface area contributed by atoms with Gasteiger partial charge in [-0.05, 0) is 19.3 Å². The van der Waals surface area contributed by atoms with Gasteiger partial charge in [-0.25, -0.2) is 4.79 Å². The largest absolute Gasteiger partial charge is 0.396 e. The maximum atomic E-state index is 11.3. The van der Waals surface area contributed by atoms with E-state index in [0.717, 1.165) is 12.8 Å². The maximum Gasteiger partial charge on any atom is 0.321 e. The van der Waals surface area contributed by atoms with Gasteiger partial charge in [-0.15, -0.1) is 11.8 Å². The van der Waals surface area contributed by atoms with Gasteiger partial charge >= 0.3 is 6.03 Å². The molecule has 1 aliphatic carbocycles. The number of hydrogen-bond donors (Lipinski definition) is 3. The van der Waals surface area contributed by atoms with E-state index in [1.165, 1.54) is 11.8 Å². The van der Waals surface area contributed by atoms with Crippen LogP contribution in [0.1, 0.15) is 26.2 Å². The van der Waals surface area contributed by atoms with Crippen LogP contribution >= 0.6 is 11.8 Å². The Morgan fingerprint density at radius 3 is 2.75 bits per heavy atom. The second-order valence-corrected chi connectivity index (χ2v) is 5.36. The van der Waals surface area contributed by atoms with E-state index in [2.05, 4.69) is 10.6 Å². The molecule has 0 spiro atoms. The molecule has 0 aromatic rings. The van der Waals surface area contributed by atoms with Crippen molar-refractivity contribution >= 4 is 23.7 Å². The van der Waals surface area contributed by atoms with Gasteiger partial charge in [0.2, 0.25) is 5.91 Å². The topological polar surface area (TPSA) is 78.4 Å². The van der Waals surface area contributed by atoms with Crippen LogP contribution in [0.2, 0.25) is 0 Å². The van der Waals surface area contributed by atoms with Gasteiger partial charge in [0.1, 0.15) is 0 Å². The molecule has 1 atom stereocenters. The summed E-state index contributed by atoms with van der Waals surface area (Å²) in [4.78, 5) is 22.5. The molecule has 1 fully saturated rings. The molecule has 0 aromatic carbocycles. The molecular weight excluding hydrogens is 228 g/mol. The minimum Gasteiger partial charge on any atom is -0.396 e. The van der Waals surface area contributed by atoms with Crippen LogP contribution in [0.5, 0.6) is 0 Å². The van der Waals surface area contributed by atoms with Crippen LogP contribution in [0.4, 0.5) is 4.79 Å². The van der Waals surface area contributed by atoms with Gasteiger partial charge in [0.15, 0.2) is 0 Å². The molecule has 0 bridgehead atoms. The molecule has 1 saturated carbocycles. The molecule has 3 amide bonds. The Morgan fingerprint density at radius 1 is 1.50 bits per heavy atom. The third kappa shape index (κ3) is 5.97. The van der Waals surface area contributed by atoms with Crippen LogP contribution in [-0.2, 0) is 4.79 Å². The van der Waals surface area contributed by atoms with Crippen molar-refractivity contribution in [2.75, 3.05) is 12.4 Å². The van der Waals surface area contributed by atoms with E-state index in [0.29, 0.717) is 6.42 Å². The number of imide groups is 1. The fourth-order valence-corrected chi connectivity index (χ4v) is 1.88. The lowest BCUT2D eigenvalue weighted by Crippen LogP contribution is -2.41. The van der Waals surface area contributed by atoms with Gasteiger partial charge in [-0.1, -0.05) is 6.92 Å². The summed E-state index contributed by atoms with van der Waals surface area (Å²) >= 11 is 1.43. The number of nitrogens with one attached hydrogen (secondary N) is 2. The zero-order valence-electron chi connectivity index (χ0n) is 9.36. The Balaban J connectivity index is 2.07. The van der Waals surface area contributed by atoms with Crippen molar-refractivity contribution in [1.29, 1.82) is 0 Å². The fraction of sp³-hybridized carbons (Fsp3) is 0.800. The summed E-state index contributed by atoms with van der Waals surface area (Å²) in [6.45, 7) is 2.07. The number of rotatable bonds is 6.